The number of rotatable bonds is 7. The van der Waals surface area contributed by atoms with Crippen LogP contribution in [0.15, 0.2) is 67.2 Å². The molecule has 0 spiro atoms. The van der Waals surface area contributed by atoms with Gasteiger partial charge in [0, 0.05) is 24.0 Å². The van der Waals surface area contributed by atoms with Gasteiger partial charge in [0.25, 0.3) is 0 Å². The first-order valence-corrected chi connectivity index (χ1v) is 9.34. The summed E-state index contributed by atoms with van der Waals surface area (Å²) in [6.45, 7) is 5.94. The number of fused-ring (bicyclic) bond motifs is 1. The smallest absolute Gasteiger partial charge is 0.337 e. The second-order valence-electron chi connectivity index (χ2n) is 6.94. The molecule has 4 heteroatoms. The molecular weight excluding hydrogens is 364 g/mol. The van der Waals surface area contributed by atoms with Crippen LogP contribution in [0, 0.1) is 0 Å². The van der Waals surface area contributed by atoms with E-state index in [4.69, 9.17) is 0 Å². The Bertz CT molecular complexity index is 1110. The van der Waals surface area contributed by atoms with Gasteiger partial charge in [-0.15, -0.1) is 0 Å². The molecule has 0 N–H and O–H groups in total. The summed E-state index contributed by atoms with van der Waals surface area (Å²) in [5.74, 6) is -0.675. The van der Waals surface area contributed by atoms with Crippen molar-refractivity contribution in [1.29, 1.82) is 0 Å². The van der Waals surface area contributed by atoms with Gasteiger partial charge < -0.3 is 4.74 Å². The predicted octanol–water partition coefficient (Wildman–Crippen LogP) is 5.51. The standard InChI is InChI=1S/C25H22O4/c1-16(2)21-6-4-5-17-7-12-20(15-22(17)21)24(27)14-13-23(26)18-8-10-19(11-9-18)25(28)29-3/h4-12,15H,1,13-14H2,2-3H3. The number of hydrogen-bond donors (Lipinski definition) is 0. The lowest BCUT2D eigenvalue weighted by Crippen LogP contribution is -2.06. The van der Waals surface area contributed by atoms with Crippen LogP contribution >= 0.6 is 0 Å². The van der Waals surface area contributed by atoms with Crippen LogP contribution in [0.3, 0.4) is 0 Å². The molecule has 0 bridgehead atoms. The number of benzene rings is 3. The quantitative estimate of drug-likeness (QED) is 0.397. The zero-order valence-electron chi connectivity index (χ0n) is 16.5. The lowest BCUT2D eigenvalue weighted by Gasteiger charge is -2.08. The summed E-state index contributed by atoms with van der Waals surface area (Å²) in [5, 5.41) is 2.03. The molecule has 3 aromatic rings. The molecule has 29 heavy (non-hydrogen) atoms. The van der Waals surface area contributed by atoms with Crippen LogP contribution in [0.25, 0.3) is 16.3 Å². The number of methoxy groups -OCH3 is 1. The normalized spacial score (nSPS) is 10.6. The molecule has 0 saturated carbocycles. The topological polar surface area (TPSA) is 60.4 Å². The van der Waals surface area contributed by atoms with Crippen molar-refractivity contribution in [2.24, 2.45) is 0 Å². The lowest BCUT2D eigenvalue weighted by atomic mass is 9.95. The third-order valence-corrected chi connectivity index (χ3v) is 4.87. The van der Waals surface area contributed by atoms with E-state index >= 15 is 0 Å². The Kier molecular flexibility index (Phi) is 6.03. The fourth-order valence-electron chi connectivity index (χ4n) is 3.24. The van der Waals surface area contributed by atoms with Gasteiger partial charge in [-0.05, 0) is 41.5 Å². The molecule has 4 nitrogen and oxygen atoms in total. The molecule has 0 aliphatic carbocycles. The van der Waals surface area contributed by atoms with E-state index in [2.05, 4.69) is 11.3 Å². The average Bonchev–Trinajstić information content (AvgIpc) is 2.75. The maximum absolute atomic E-state index is 12.7. The van der Waals surface area contributed by atoms with Gasteiger partial charge in [-0.1, -0.05) is 54.6 Å². The minimum atomic E-state index is -0.454. The number of ether oxygens (including phenoxy) is 1. The highest BCUT2D eigenvalue weighted by atomic mass is 16.5. The number of carbonyl (C=O) groups excluding carboxylic acids is 3. The van der Waals surface area contributed by atoms with Gasteiger partial charge >= 0.3 is 5.97 Å². The number of allylic oxidation sites excluding steroid dienone is 1. The van der Waals surface area contributed by atoms with Gasteiger partial charge in [0.2, 0.25) is 0 Å². The Morgan fingerprint density at radius 3 is 2.03 bits per heavy atom. The molecular formula is C25H22O4. The maximum atomic E-state index is 12.7. The van der Waals surface area contributed by atoms with Crippen LogP contribution in [0.1, 0.15) is 56.4 Å². The molecule has 0 atom stereocenters. The molecule has 146 valence electrons. The molecule has 0 aliphatic rings. The highest BCUT2D eigenvalue weighted by Crippen LogP contribution is 2.26. The lowest BCUT2D eigenvalue weighted by molar-refractivity contribution is 0.0600. The van der Waals surface area contributed by atoms with Gasteiger partial charge in [0.15, 0.2) is 11.6 Å². The Morgan fingerprint density at radius 1 is 0.828 bits per heavy atom. The number of esters is 1. The summed E-state index contributed by atoms with van der Waals surface area (Å²) >= 11 is 0. The second kappa shape index (κ2) is 8.65. The molecule has 0 unspecified atom stereocenters. The van der Waals surface area contributed by atoms with Gasteiger partial charge in [0.1, 0.15) is 0 Å². The molecule has 3 aromatic carbocycles. The van der Waals surface area contributed by atoms with E-state index in [9.17, 15) is 14.4 Å². The highest BCUT2D eigenvalue weighted by Gasteiger charge is 2.13. The van der Waals surface area contributed by atoms with Crippen LogP contribution in [-0.2, 0) is 4.74 Å². The monoisotopic (exact) mass is 386 g/mol. The second-order valence-corrected chi connectivity index (χ2v) is 6.94. The number of hydrogen-bond acceptors (Lipinski definition) is 4. The number of carbonyl (C=O) groups is 3. The van der Waals surface area contributed by atoms with Crippen molar-refractivity contribution in [3.05, 3.63) is 89.5 Å². The third-order valence-electron chi connectivity index (χ3n) is 4.87. The third kappa shape index (κ3) is 4.49. The van der Waals surface area contributed by atoms with E-state index in [1.165, 1.54) is 7.11 Å². The van der Waals surface area contributed by atoms with Crippen LogP contribution < -0.4 is 0 Å². The molecule has 0 radical (unpaired) electrons. The minimum absolute atomic E-state index is 0.0806. The Labute approximate surface area is 169 Å². The molecule has 0 aliphatic heterocycles. The molecule has 0 saturated heterocycles. The van der Waals surface area contributed by atoms with E-state index in [1.807, 2.05) is 37.3 Å². The van der Waals surface area contributed by atoms with Gasteiger partial charge in [-0.2, -0.15) is 0 Å². The van der Waals surface area contributed by atoms with Crippen LogP contribution in [-0.4, -0.2) is 24.6 Å². The molecule has 3 rings (SSSR count). The van der Waals surface area contributed by atoms with Gasteiger partial charge in [-0.25, -0.2) is 4.79 Å². The van der Waals surface area contributed by atoms with E-state index < -0.39 is 5.97 Å². The summed E-state index contributed by atoms with van der Waals surface area (Å²) in [6, 6.07) is 17.8. The predicted molar refractivity (Wildman–Crippen MR) is 114 cm³/mol. The fourth-order valence-corrected chi connectivity index (χ4v) is 3.24. The van der Waals surface area contributed by atoms with E-state index in [0.29, 0.717) is 16.7 Å². The minimum Gasteiger partial charge on any atom is -0.465 e. The molecule has 0 heterocycles. The van der Waals surface area contributed by atoms with Crippen molar-refractivity contribution in [2.45, 2.75) is 19.8 Å². The highest BCUT2D eigenvalue weighted by molar-refractivity contribution is 6.05. The van der Waals surface area contributed by atoms with Crippen LogP contribution in [0.5, 0.6) is 0 Å². The molecule has 0 aromatic heterocycles. The first kappa shape index (κ1) is 20.2. The largest absolute Gasteiger partial charge is 0.465 e. The zero-order valence-corrected chi connectivity index (χ0v) is 16.5. The average molecular weight is 386 g/mol. The van der Waals surface area contributed by atoms with Crippen molar-refractivity contribution < 1.29 is 19.1 Å². The SMILES string of the molecule is C=C(C)c1cccc2ccc(C(=O)CCC(=O)c3ccc(C(=O)OC)cc3)cc12. The van der Waals surface area contributed by atoms with Crippen LogP contribution in [0.4, 0.5) is 0 Å². The first-order chi connectivity index (χ1) is 13.9. The van der Waals surface area contributed by atoms with Crippen molar-refractivity contribution in [3.8, 4) is 0 Å². The van der Waals surface area contributed by atoms with Crippen molar-refractivity contribution in [3.63, 3.8) is 0 Å². The molecule has 0 amide bonds. The van der Waals surface area contributed by atoms with Crippen molar-refractivity contribution in [2.75, 3.05) is 7.11 Å². The maximum Gasteiger partial charge on any atom is 0.337 e. The summed E-state index contributed by atoms with van der Waals surface area (Å²) in [4.78, 5) is 36.5. The van der Waals surface area contributed by atoms with E-state index in [1.54, 1.807) is 30.3 Å². The Hall–Kier alpha value is -3.53. The van der Waals surface area contributed by atoms with E-state index in [-0.39, 0.29) is 24.4 Å². The van der Waals surface area contributed by atoms with E-state index in [0.717, 1.165) is 21.9 Å². The summed E-state index contributed by atoms with van der Waals surface area (Å²) in [6.07, 6.45) is 0.231. The fraction of sp³-hybridized carbons (Fsp3) is 0.160. The van der Waals surface area contributed by atoms with Gasteiger partial charge in [0.05, 0.1) is 12.7 Å². The number of Topliss-reactive ketones (excluding diaryl/α,β-unsaturated/α-hetero) is 2. The van der Waals surface area contributed by atoms with Crippen LogP contribution in [0.2, 0.25) is 0 Å². The van der Waals surface area contributed by atoms with Gasteiger partial charge in [-0.3, -0.25) is 9.59 Å². The summed E-state index contributed by atoms with van der Waals surface area (Å²) in [7, 11) is 1.30. The summed E-state index contributed by atoms with van der Waals surface area (Å²) < 4.78 is 4.64. The molecule has 0 fully saturated rings. The van der Waals surface area contributed by atoms with Crippen molar-refractivity contribution >= 4 is 33.9 Å². The number of ketones is 2. The first-order valence-electron chi connectivity index (χ1n) is 9.34. The summed E-state index contributed by atoms with van der Waals surface area (Å²) in [5.41, 5.74) is 3.38. The Morgan fingerprint density at radius 2 is 1.41 bits per heavy atom. The van der Waals surface area contributed by atoms with Crippen molar-refractivity contribution in [1.82, 2.24) is 0 Å². The Balaban J connectivity index is 1.72. The zero-order chi connectivity index (χ0) is 21.0.